The van der Waals surface area contributed by atoms with Crippen LogP contribution < -0.4 is 11.1 Å². The van der Waals surface area contributed by atoms with Gasteiger partial charge in [0.15, 0.2) is 0 Å². The molecule has 0 aliphatic carbocycles. The van der Waals surface area contributed by atoms with Crippen molar-refractivity contribution in [3.63, 3.8) is 0 Å². The number of carbonyl (C=O) groups is 1. The van der Waals surface area contributed by atoms with Crippen LogP contribution in [-0.4, -0.2) is 18.5 Å². The van der Waals surface area contributed by atoms with Crippen LogP contribution in [0.1, 0.15) is 21.5 Å². The van der Waals surface area contributed by atoms with E-state index in [4.69, 9.17) is 5.73 Å². The topological polar surface area (TPSA) is 55.1 Å². The number of amides is 1. The van der Waals surface area contributed by atoms with Crippen molar-refractivity contribution >= 4 is 5.91 Å². The van der Waals surface area contributed by atoms with Gasteiger partial charge in [0.05, 0.1) is 5.56 Å². The lowest BCUT2D eigenvalue weighted by Crippen LogP contribution is -2.42. The molecule has 2 aromatic carbocycles. The summed E-state index contributed by atoms with van der Waals surface area (Å²) >= 11 is 0. The molecule has 2 rings (SSSR count). The van der Waals surface area contributed by atoms with Crippen molar-refractivity contribution in [1.82, 2.24) is 5.32 Å². The summed E-state index contributed by atoms with van der Waals surface area (Å²) in [4.78, 5) is 12.1. The van der Waals surface area contributed by atoms with Gasteiger partial charge in [0.25, 0.3) is 5.91 Å². The number of halogens is 1. The lowest BCUT2D eigenvalue weighted by molar-refractivity contribution is 0.0934. The highest BCUT2D eigenvalue weighted by Gasteiger charge is 2.16. The maximum Gasteiger partial charge on any atom is 0.254 e. The SMILES string of the molecule is Cc1ccc(C(=O)NC(CN)Cc2ccccc2)c(F)c1. The third-order valence-electron chi connectivity index (χ3n) is 3.31. The number of rotatable bonds is 5. The third kappa shape index (κ3) is 4.13. The Morgan fingerprint density at radius 1 is 1.24 bits per heavy atom. The van der Waals surface area contributed by atoms with E-state index in [0.29, 0.717) is 13.0 Å². The minimum Gasteiger partial charge on any atom is -0.348 e. The maximum absolute atomic E-state index is 13.8. The van der Waals surface area contributed by atoms with E-state index in [2.05, 4.69) is 5.32 Å². The van der Waals surface area contributed by atoms with Crippen LogP contribution in [0.15, 0.2) is 48.5 Å². The van der Waals surface area contributed by atoms with Gasteiger partial charge in [0, 0.05) is 12.6 Å². The fourth-order valence-corrected chi connectivity index (χ4v) is 2.16. The molecule has 0 aliphatic heterocycles. The Balaban J connectivity index is 2.06. The zero-order valence-electron chi connectivity index (χ0n) is 12.0. The maximum atomic E-state index is 13.8. The number of hydrogen-bond donors (Lipinski definition) is 2. The molecule has 3 nitrogen and oxygen atoms in total. The van der Waals surface area contributed by atoms with Crippen molar-refractivity contribution in [3.8, 4) is 0 Å². The molecule has 0 radical (unpaired) electrons. The molecule has 0 bridgehead atoms. The lowest BCUT2D eigenvalue weighted by atomic mass is 10.1. The van der Waals surface area contributed by atoms with Gasteiger partial charge >= 0.3 is 0 Å². The van der Waals surface area contributed by atoms with Gasteiger partial charge in [-0.3, -0.25) is 4.79 Å². The first-order valence-corrected chi connectivity index (χ1v) is 6.91. The van der Waals surface area contributed by atoms with Crippen LogP contribution >= 0.6 is 0 Å². The second-order valence-electron chi connectivity index (χ2n) is 5.08. The summed E-state index contributed by atoms with van der Waals surface area (Å²) in [6, 6.07) is 14.1. The summed E-state index contributed by atoms with van der Waals surface area (Å²) in [5.74, 6) is -0.943. The molecule has 1 unspecified atom stereocenters. The van der Waals surface area contributed by atoms with Crippen molar-refractivity contribution in [2.75, 3.05) is 6.54 Å². The van der Waals surface area contributed by atoms with E-state index in [1.807, 2.05) is 30.3 Å². The average Bonchev–Trinajstić information content (AvgIpc) is 2.47. The van der Waals surface area contributed by atoms with Crippen molar-refractivity contribution < 1.29 is 9.18 Å². The Morgan fingerprint density at radius 3 is 2.57 bits per heavy atom. The number of hydrogen-bond acceptors (Lipinski definition) is 2. The molecule has 0 saturated heterocycles. The van der Waals surface area contributed by atoms with Gasteiger partial charge in [-0.2, -0.15) is 0 Å². The summed E-state index contributed by atoms with van der Waals surface area (Å²) in [7, 11) is 0. The van der Waals surface area contributed by atoms with Gasteiger partial charge < -0.3 is 11.1 Å². The number of aryl methyl sites for hydroxylation is 1. The van der Waals surface area contributed by atoms with Crippen LogP contribution in [0.2, 0.25) is 0 Å². The van der Waals surface area contributed by atoms with Gasteiger partial charge in [-0.05, 0) is 36.6 Å². The number of nitrogens with two attached hydrogens (primary N) is 1. The smallest absolute Gasteiger partial charge is 0.254 e. The van der Waals surface area contributed by atoms with Crippen molar-refractivity contribution in [2.45, 2.75) is 19.4 Å². The molecule has 3 N–H and O–H groups in total. The van der Waals surface area contributed by atoms with Crippen LogP contribution in [0.4, 0.5) is 4.39 Å². The molecule has 0 saturated carbocycles. The van der Waals surface area contributed by atoms with E-state index in [-0.39, 0.29) is 11.6 Å². The molecule has 0 spiro atoms. The van der Waals surface area contributed by atoms with Gasteiger partial charge in [-0.25, -0.2) is 4.39 Å². The molecule has 1 atom stereocenters. The largest absolute Gasteiger partial charge is 0.348 e. The molecule has 4 heteroatoms. The van der Waals surface area contributed by atoms with Gasteiger partial charge in [0.2, 0.25) is 0 Å². The molecular weight excluding hydrogens is 267 g/mol. The molecule has 110 valence electrons. The second kappa shape index (κ2) is 6.99. The standard InChI is InChI=1S/C17H19FN2O/c1-12-7-8-15(16(18)9-12)17(21)20-14(11-19)10-13-5-3-2-4-6-13/h2-9,14H,10-11,19H2,1H3,(H,20,21). The zero-order valence-corrected chi connectivity index (χ0v) is 12.0. The Morgan fingerprint density at radius 2 is 1.95 bits per heavy atom. The first-order valence-electron chi connectivity index (χ1n) is 6.91. The van der Waals surface area contributed by atoms with Gasteiger partial charge in [0.1, 0.15) is 5.82 Å². The quantitative estimate of drug-likeness (QED) is 0.887. The summed E-state index contributed by atoms with van der Waals surface area (Å²) in [5, 5.41) is 2.79. The summed E-state index contributed by atoms with van der Waals surface area (Å²) in [6.07, 6.45) is 0.622. The van der Waals surface area contributed by atoms with Crippen LogP contribution in [0, 0.1) is 12.7 Å². The number of nitrogens with one attached hydrogen (secondary N) is 1. The van der Waals surface area contributed by atoms with E-state index in [1.54, 1.807) is 13.0 Å². The highest BCUT2D eigenvalue weighted by Crippen LogP contribution is 2.10. The highest BCUT2D eigenvalue weighted by molar-refractivity contribution is 5.94. The van der Waals surface area contributed by atoms with E-state index in [0.717, 1.165) is 11.1 Å². The molecule has 0 heterocycles. The predicted octanol–water partition coefficient (Wildman–Crippen LogP) is 2.43. The van der Waals surface area contributed by atoms with E-state index in [1.165, 1.54) is 12.1 Å². The molecule has 0 aromatic heterocycles. The van der Waals surface area contributed by atoms with Crippen molar-refractivity contribution in [3.05, 3.63) is 71.0 Å². The lowest BCUT2D eigenvalue weighted by Gasteiger charge is -2.17. The van der Waals surface area contributed by atoms with E-state index in [9.17, 15) is 9.18 Å². The predicted molar refractivity (Wildman–Crippen MR) is 81.6 cm³/mol. The number of carbonyl (C=O) groups excluding carboxylic acids is 1. The minimum atomic E-state index is -0.511. The summed E-state index contributed by atoms with van der Waals surface area (Å²) in [5.41, 5.74) is 7.61. The monoisotopic (exact) mass is 286 g/mol. The first-order chi connectivity index (χ1) is 10.1. The van der Waals surface area contributed by atoms with Crippen LogP contribution in [-0.2, 0) is 6.42 Å². The Labute approximate surface area is 124 Å². The summed E-state index contributed by atoms with van der Waals surface area (Å²) in [6.45, 7) is 2.08. The van der Waals surface area contributed by atoms with E-state index >= 15 is 0 Å². The fourth-order valence-electron chi connectivity index (χ4n) is 2.16. The van der Waals surface area contributed by atoms with Crippen LogP contribution in [0.5, 0.6) is 0 Å². The van der Waals surface area contributed by atoms with Crippen LogP contribution in [0.25, 0.3) is 0 Å². The number of benzene rings is 2. The average molecular weight is 286 g/mol. The van der Waals surface area contributed by atoms with Crippen LogP contribution in [0.3, 0.4) is 0 Å². The zero-order chi connectivity index (χ0) is 15.2. The van der Waals surface area contributed by atoms with Crippen molar-refractivity contribution in [2.24, 2.45) is 5.73 Å². The normalized spacial score (nSPS) is 12.0. The molecular formula is C17H19FN2O. The minimum absolute atomic E-state index is 0.0483. The highest BCUT2D eigenvalue weighted by atomic mass is 19.1. The Hall–Kier alpha value is -2.20. The molecule has 2 aromatic rings. The second-order valence-corrected chi connectivity index (χ2v) is 5.08. The van der Waals surface area contributed by atoms with Gasteiger partial charge in [-0.15, -0.1) is 0 Å². The third-order valence-corrected chi connectivity index (χ3v) is 3.31. The van der Waals surface area contributed by atoms with Gasteiger partial charge in [-0.1, -0.05) is 36.4 Å². The molecule has 1 amide bonds. The molecule has 0 aliphatic rings. The van der Waals surface area contributed by atoms with Crippen molar-refractivity contribution in [1.29, 1.82) is 0 Å². The fraction of sp³-hybridized carbons (Fsp3) is 0.235. The molecule has 21 heavy (non-hydrogen) atoms. The summed E-state index contributed by atoms with van der Waals surface area (Å²) < 4.78 is 13.8. The van der Waals surface area contributed by atoms with E-state index < -0.39 is 11.7 Å². The molecule has 0 fully saturated rings. The Bertz CT molecular complexity index is 613. The Kier molecular flexibility index (Phi) is 5.06. The first kappa shape index (κ1) is 15.2.